The van der Waals surface area contributed by atoms with E-state index in [2.05, 4.69) is 13.2 Å². The summed E-state index contributed by atoms with van der Waals surface area (Å²) in [6.07, 6.45) is 1.45. The van der Waals surface area contributed by atoms with Crippen LogP contribution in [0.15, 0.2) is 24.8 Å². The smallest absolute Gasteiger partial charge is 0.333 e. The van der Waals surface area contributed by atoms with E-state index in [4.69, 9.17) is 19.3 Å². The van der Waals surface area contributed by atoms with E-state index in [1.165, 1.54) is 0 Å². The summed E-state index contributed by atoms with van der Waals surface area (Å²) in [6.45, 7) is 12.8. The molecule has 0 bridgehead atoms. The molecule has 0 saturated heterocycles. The molecule has 1 N–H and O–H groups in total. The zero-order valence-corrected chi connectivity index (χ0v) is 12.2. The first-order valence-corrected chi connectivity index (χ1v) is 6.35. The van der Waals surface area contributed by atoms with Gasteiger partial charge >= 0.3 is 11.9 Å². The SMILES string of the molecule is C=C(CC)C(=O)OCCOCCOCC.C=CC(=O)O. The Balaban J connectivity index is 0. The number of aliphatic carboxylic acids is 1. The predicted molar refractivity (Wildman–Crippen MR) is 75.5 cm³/mol. The van der Waals surface area contributed by atoms with Gasteiger partial charge in [0, 0.05) is 18.3 Å². The summed E-state index contributed by atoms with van der Waals surface area (Å²) < 4.78 is 15.1. The Bertz CT molecular complexity index is 298. The Hall–Kier alpha value is -1.66. The highest BCUT2D eigenvalue weighted by molar-refractivity contribution is 5.87. The number of rotatable bonds is 10. The second-order valence-electron chi connectivity index (χ2n) is 3.44. The second kappa shape index (κ2) is 15.4. The average Bonchev–Trinajstić information content (AvgIpc) is 2.45. The molecular formula is C14H24O6. The van der Waals surface area contributed by atoms with Crippen molar-refractivity contribution >= 4 is 11.9 Å². The van der Waals surface area contributed by atoms with Crippen LogP contribution in [0.1, 0.15) is 20.3 Å². The Morgan fingerprint density at radius 2 is 1.60 bits per heavy atom. The minimum Gasteiger partial charge on any atom is -0.478 e. The van der Waals surface area contributed by atoms with Crippen LogP contribution < -0.4 is 0 Å². The maximum Gasteiger partial charge on any atom is 0.333 e. The molecule has 0 spiro atoms. The summed E-state index contributed by atoms with van der Waals surface area (Å²) in [7, 11) is 0. The summed E-state index contributed by atoms with van der Waals surface area (Å²) in [5.41, 5.74) is 0.490. The van der Waals surface area contributed by atoms with Gasteiger partial charge in [0.2, 0.25) is 0 Å². The molecule has 20 heavy (non-hydrogen) atoms. The van der Waals surface area contributed by atoms with Gasteiger partial charge in [-0.05, 0) is 13.3 Å². The molecule has 0 aromatic rings. The van der Waals surface area contributed by atoms with Crippen molar-refractivity contribution < 1.29 is 28.9 Å². The van der Waals surface area contributed by atoms with Crippen LogP contribution in [0.3, 0.4) is 0 Å². The first-order valence-electron chi connectivity index (χ1n) is 6.35. The molecule has 116 valence electrons. The van der Waals surface area contributed by atoms with Gasteiger partial charge in [-0.3, -0.25) is 0 Å². The number of hydrogen-bond acceptors (Lipinski definition) is 5. The Labute approximate surface area is 120 Å². The predicted octanol–water partition coefficient (Wildman–Crippen LogP) is 1.81. The fraction of sp³-hybridized carbons (Fsp3) is 0.571. The van der Waals surface area contributed by atoms with Crippen molar-refractivity contribution in [3.05, 3.63) is 24.8 Å². The third kappa shape index (κ3) is 16.3. The van der Waals surface area contributed by atoms with Crippen molar-refractivity contribution in [1.29, 1.82) is 0 Å². The molecule has 0 aromatic carbocycles. The number of carbonyl (C=O) groups is 2. The fourth-order valence-corrected chi connectivity index (χ4v) is 0.804. The molecule has 0 unspecified atom stereocenters. The minimum atomic E-state index is -0.981. The summed E-state index contributed by atoms with van der Waals surface area (Å²) in [5, 5.41) is 7.60. The molecular weight excluding hydrogens is 264 g/mol. The highest BCUT2D eigenvalue weighted by Crippen LogP contribution is 1.98. The number of carboxylic acids is 1. The first-order chi connectivity index (χ1) is 9.49. The summed E-state index contributed by atoms with van der Waals surface area (Å²) in [4.78, 5) is 20.4. The standard InChI is InChI=1S/C11H20O4.C3H4O2/c1-4-10(3)11(12)15-9-8-14-7-6-13-5-2;1-2-3(4)5/h3-9H2,1-2H3;2H,1H2,(H,4,5). The van der Waals surface area contributed by atoms with E-state index in [-0.39, 0.29) is 12.6 Å². The van der Waals surface area contributed by atoms with E-state index in [0.717, 1.165) is 6.08 Å². The number of hydrogen-bond donors (Lipinski definition) is 1. The quantitative estimate of drug-likeness (QED) is 0.375. The van der Waals surface area contributed by atoms with Crippen LogP contribution >= 0.6 is 0 Å². The Kier molecular flexibility index (Phi) is 15.9. The monoisotopic (exact) mass is 288 g/mol. The highest BCUT2D eigenvalue weighted by atomic mass is 16.6. The molecule has 0 saturated carbocycles. The van der Waals surface area contributed by atoms with Crippen LogP contribution in [-0.4, -0.2) is 50.1 Å². The number of ether oxygens (including phenoxy) is 3. The molecule has 0 rings (SSSR count). The third-order valence-corrected chi connectivity index (χ3v) is 1.93. The molecule has 0 radical (unpaired) electrons. The van der Waals surface area contributed by atoms with Crippen LogP contribution in [-0.2, 0) is 23.8 Å². The molecule has 0 aliphatic heterocycles. The minimum absolute atomic E-state index is 0.268. The van der Waals surface area contributed by atoms with Gasteiger partial charge in [-0.1, -0.05) is 20.1 Å². The fourth-order valence-electron chi connectivity index (χ4n) is 0.804. The van der Waals surface area contributed by atoms with Gasteiger partial charge in [-0.25, -0.2) is 9.59 Å². The molecule has 6 heteroatoms. The lowest BCUT2D eigenvalue weighted by Crippen LogP contribution is -2.13. The maximum atomic E-state index is 11.1. The molecule has 0 amide bonds. The number of carboxylic acid groups (broad SMARTS) is 1. The number of esters is 1. The van der Waals surface area contributed by atoms with Gasteiger partial charge in [-0.15, -0.1) is 0 Å². The van der Waals surface area contributed by atoms with Gasteiger partial charge in [0.05, 0.1) is 19.8 Å². The summed E-state index contributed by atoms with van der Waals surface area (Å²) in [5.74, 6) is -1.32. The van der Waals surface area contributed by atoms with Crippen LogP contribution in [0.2, 0.25) is 0 Å². The Morgan fingerprint density at radius 1 is 1.10 bits per heavy atom. The topological polar surface area (TPSA) is 82.1 Å². The average molecular weight is 288 g/mol. The van der Waals surface area contributed by atoms with Gasteiger partial charge in [0.25, 0.3) is 0 Å². The van der Waals surface area contributed by atoms with E-state index in [1.54, 1.807) is 0 Å². The van der Waals surface area contributed by atoms with Crippen molar-refractivity contribution in [3.8, 4) is 0 Å². The van der Waals surface area contributed by atoms with Gasteiger partial charge in [0.15, 0.2) is 0 Å². The number of carbonyl (C=O) groups excluding carboxylic acids is 1. The lowest BCUT2D eigenvalue weighted by atomic mass is 10.2. The van der Waals surface area contributed by atoms with Crippen LogP contribution in [0.4, 0.5) is 0 Å². The van der Waals surface area contributed by atoms with E-state index in [9.17, 15) is 9.59 Å². The van der Waals surface area contributed by atoms with Crippen molar-refractivity contribution in [2.75, 3.05) is 33.0 Å². The van der Waals surface area contributed by atoms with Crippen LogP contribution in [0.25, 0.3) is 0 Å². The zero-order valence-electron chi connectivity index (χ0n) is 12.2. The van der Waals surface area contributed by atoms with E-state index in [1.807, 2.05) is 13.8 Å². The summed E-state index contributed by atoms with van der Waals surface area (Å²) >= 11 is 0. The van der Waals surface area contributed by atoms with Crippen molar-refractivity contribution in [2.45, 2.75) is 20.3 Å². The van der Waals surface area contributed by atoms with Crippen LogP contribution in [0.5, 0.6) is 0 Å². The zero-order chi connectivity index (χ0) is 15.8. The molecule has 0 atom stereocenters. The maximum absolute atomic E-state index is 11.1. The van der Waals surface area contributed by atoms with Crippen molar-refractivity contribution in [2.24, 2.45) is 0 Å². The largest absolute Gasteiger partial charge is 0.478 e. The molecule has 0 aliphatic rings. The van der Waals surface area contributed by atoms with Crippen molar-refractivity contribution in [1.82, 2.24) is 0 Å². The van der Waals surface area contributed by atoms with E-state index < -0.39 is 5.97 Å². The molecule has 0 aromatic heterocycles. The normalized spacial score (nSPS) is 9.10. The van der Waals surface area contributed by atoms with E-state index in [0.29, 0.717) is 38.4 Å². The first kappa shape index (κ1) is 20.7. The summed E-state index contributed by atoms with van der Waals surface area (Å²) in [6, 6.07) is 0. The Morgan fingerprint density at radius 3 is 2.05 bits per heavy atom. The van der Waals surface area contributed by atoms with Gasteiger partial charge in [0.1, 0.15) is 6.61 Å². The van der Waals surface area contributed by atoms with Gasteiger partial charge < -0.3 is 19.3 Å². The molecule has 0 aliphatic carbocycles. The highest BCUT2D eigenvalue weighted by Gasteiger charge is 2.04. The second-order valence-corrected chi connectivity index (χ2v) is 3.44. The molecule has 0 fully saturated rings. The lowest BCUT2D eigenvalue weighted by molar-refractivity contribution is -0.140. The third-order valence-electron chi connectivity index (χ3n) is 1.93. The molecule has 6 nitrogen and oxygen atoms in total. The lowest BCUT2D eigenvalue weighted by Gasteiger charge is -2.06. The van der Waals surface area contributed by atoms with Gasteiger partial charge in [-0.2, -0.15) is 0 Å². The molecule has 0 heterocycles. The van der Waals surface area contributed by atoms with Crippen molar-refractivity contribution in [3.63, 3.8) is 0 Å². The van der Waals surface area contributed by atoms with E-state index >= 15 is 0 Å². The van der Waals surface area contributed by atoms with Crippen LogP contribution in [0, 0.1) is 0 Å².